The van der Waals surface area contributed by atoms with E-state index in [1.54, 1.807) is 37.4 Å². The molecule has 6 aromatic heterocycles. The van der Waals surface area contributed by atoms with Crippen molar-refractivity contribution < 1.29 is 39.6 Å². The van der Waals surface area contributed by atoms with E-state index in [0.29, 0.717) is 52.5 Å². The number of aromatic amines is 3. The zero-order chi connectivity index (χ0) is 54.8. The number of halogens is 4. The van der Waals surface area contributed by atoms with Crippen LogP contribution in [0.15, 0.2) is 105 Å². The average molecular weight is 1110 g/mol. The van der Waals surface area contributed by atoms with Gasteiger partial charge in [-0.1, -0.05) is 11.6 Å². The van der Waals surface area contributed by atoms with Gasteiger partial charge >= 0.3 is 0 Å². The van der Waals surface area contributed by atoms with Crippen molar-refractivity contribution in [3.8, 4) is 22.3 Å². The maximum Gasteiger partial charge on any atom is 0.258 e. The molecule has 394 valence electrons. The van der Waals surface area contributed by atoms with Gasteiger partial charge in [0.2, 0.25) is 0 Å². The SMILES string of the molecule is Cc1cc2c(-c3ccc[nH]c3=O)c(C(=O)CS(=O)(=O)C3CC3)n(Cc3cc4c(=O)[nH]cnc4cc3F)c2cc1F.Cc1cc2c(-c3ccc[nH]c3=O)c(C(=O)CS(C)(=O)=O)n(Cc3cc4c(nc3Cl)N=CCC4)c2cc1F. The predicted octanol–water partition coefficient (Wildman–Crippen LogP) is 8.04. The molecule has 17 nitrogen and oxygen atoms in total. The van der Waals surface area contributed by atoms with Crippen molar-refractivity contribution in [2.75, 3.05) is 17.8 Å². The van der Waals surface area contributed by atoms with Crippen molar-refractivity contribution >= 4 is 87.6 Å². The van der Waals surface area contributed by atoms with Gasteiger partial charge in [0, 0.05) is 75.1 Å². The normalized spacial score (nSPS) is 13.5. The second-order valence-corrected chi connectivity index (χ2v) is 23.8. The largest absolute Gasteiger partial charge is 0.333 e. The molecule has 23 heteroatoms. The molecule has 77 heavy (non-hydrogen) atoms. The third-order valence-corrected chi connectivity index (χ3v) is 16.7. The third-order valence-electron chi connectivity index (χ3n) is 13.5. The van der Waals surface area contributed by atoms with E-state index in [1.807, 2.05) is 6.07 Å². The molecule has 3 N–H and O–H groups in total. The van der Waals surface area contributed by atoms with Gasteiger partial charge in [0.1, 0.15) is 34.1 Å². The molecule has 1 saturated carbocycles. The molecule has 2 aliphatic rings. The minimum Gasteiger partial charge on any atom is -0.333 e. The van der Waals surface area contributed by atoms with E-state index in [9.17, 15) is 49.6 Å². The molecule has 1 fully saturated rings. The number of nitrogens with zero attached hydrogens (tertiary/aromatic N) is 5. The van der Waals surface area contributed by atoms with E-state index in [1.165, 1.54) is 58.8 Å². The number of hydrogen-bond acceptors (Lipinski definition) is 12. The Kier molecular flexibility index (Phi) is 13.7. The highest BCUT2D eigenvalue weighted by atomic mass is 35.5. The number of hydrogen-bond donors (Lipinski definition) is 3. The Balaban J connectivity index is 0.000000175. The predicted molar refractivity (Wildman–Crippen MR) is 287 cm³/mol. The van der Waals surface area contributed by atoms with E-state index in [0.717, 1.165) is 30.6 Å². The fourth-order valence-corrected chi connectivity index (χ4v) is 12.1. The molecular weight excluding hydrogens is 1060 g/mol. The average Bonchev–Trinajstić information content (AvgIpc) is 4.21. The minimum atomic E-state index is -3.78. The lowest BCUT2D eigenvalue weighted by Crippen LogP contribution is -2.23. The van der Waals surface area contributed by atoms with Gasteiger partial charge in [-0.05, 0) is 117 Å². The first-order valence-corrected chi connectivity index (χ1v) is 28.1. The smallest absolute Gasteiger partial charge is 0.258 e. The summed E-state index contributed by atoms with van der Waals surface area (Å²) in [7, 11) is -7.50. The number of aromatic nitrogens is 7. The number of aryl methyl sites for hydroxylation is 3. The summed E-state index contributed by atoms with van der Waals surface area (Å²) in [5.41, 5.74) is 1.45. The monoisotopic (exact) mass is 1100 g/mol. The minimum absolute atomic E-state index is 0.00258. The van der Waals surface area contributed by atoms with Crippen LogP contribution in [0.1, 0.15) is 68.1 Å². The van der Waals surface area contributed by atoms with Gasteiger partial charge in [0.15, 0.2) is 37.1 Å². The van der Waals surface area contributed by atoms with Crippen LogP contribution in [0.25, 0.3) is 55.0 Å². The number of pyridine rings is 3. The second-order valence-electron chi connectivity index (χ2n) is 19.1. The summed E-state index contributed by atoms with van der Waals surface area (Å²) in [6, 6.07) is 15.9. The molecule has 9 aromatic rings. The van der Waals surface area contributed by atoms with E-state index < -0.39 is 82.1 Å². The van der Waals surface area contributed by atoms with Crippen LogP contribution in [0.2, 0.25) is 5.15 Å². The summed E-state index contributed by atoms with van der Waals surface area (Å²) in [4.78, 5) is 85.8. The highest BCUT2D eigenvalue weighted by Gasteiger charge is 2.39. The second kappa shape index (κ2) is 20.1. The molecule has 0 unspecified atom stereocenters. The number of Topliss-reactive ketones (excluding diaryl/α,β-unsaturated/α-hetero) is 2. The number of rotatable bonds is 13. The Morgan fingerprint density at radius 3 is 1.81 bits per heavy atom. The molecule has 0 saturated heterocycles. The van der Waals surface area contributed by atoms with Crippen LogP contribution in [0, 0.1) is 31.3 Å². The maximum absolute atomic E-state index is 15.3. The van der Waals surface area contributed by atoms with Crippen LogP contribution in [0.4, 0.5) is 19.0 Å². The summed E-state index contributed by atoms with van der Waals surface area (Å²) in [6.07, 6.45) is 9.10. The number of aliphatic imine (C=N–C) groups is 1. The lowest BCUT2D eigenvalue weighted by molar-refractivity contribution is 0.100. The summed E-state index contributed by atoms with van der Waals surface area (Å²) in [6.45, 7) is 2.74. The molecule has 0 bridgehead atoms. The molecule has 7 heterocycles. The number of fused-ring (bicyclic) bond motifs is 4. The van der Waals surface area contributed by atoms with Crippen molar-refractivity contribution in [2.45, 2.75) is 57.9 Å². The first kappa shape index (κ1) is 52.4. The summed E-state index contributed by atoms with van der Waals surface area (Å²) in [5, 5.41) is 0.409. The summed E-state index contributed by atoms with van der Waals surface area (Å²) < 4.78 is 97.9. The molecule has 0 atom stereocenters. The van der Waals surface area contributed by atoms with Gasteiger partial charge in [-0.2, -0.15) is 0 Å². The number of nitrogens with one attached hydrogen (secondary N) is 3. The van der Waals surface area contributed by atoms with Crippen LogP contribution in [0.3, 0.4) is 0 Å². The number of sulfone groups is 2. The number of ketones is 2. The van der Waals surface area contributed by atoms with Crippen molar-refractivity contribution in [1.82, 2.24) is 34.1 Å². The Bertz CT molecular complexity index is 4450. The maximum atomic E-state index is 15.3. The molecule has 0 radical (unpaired) electrons. The number of H-pyrrole nitrogens is 3. The van der Waals surface area contributed by atoms with Gasteiger partial charge in [0.25, 0.3) is 16.7 Å². The van der Waals surface area contributed by atoms with Gasteiger partial charge in [-0.15, -0.1) is 0 Å². The van der Waals surface area contributed by atoms with Crippen LogP contribution >= 0.6 is 11.6 Å². The van der Waals surface area contributed by atoms with Crippen LogP contribution in [0.5, 0.6) is 0 Å². The molecule has 1 aliphatic carbocycles. The van der Waals surface area contributed by atoms with E-state index in [-0.39, 0.29) is 79.4 Å². The zero-order valence-corrected chi connectivity index (χ0v) is 43.5. The van der Waals surface area contributed by atoms with Gasteiger partial charge in [-0.3, -0.25) is 24.0 Å². The third kappa shape index (κ3) is 10.2. The first-order chi connectivity index (χ1) is 36.6. The molecule has 0 amide bonds. The molecular formula is C54H44ClF3N8O9S2. The zero-order valence-electron chi connectivity index (χ0n) is 41.1. The fourth-order valence-electron chi connectivity index (χ4n) is 9.69. The number of benzene rings is 3. The standard InChI is InChI=1S/C28H22F2N4O5S.C26H22ClFN4O4S/c1-14-7-19-23(10-20(14)29)34(11-15-8-18-22(9-21(15)30)32-13-33-28(18)37)26(24(35)12-40(38,39)16-4-5-16)25(19)17-3-2-6-31-27(17)36;1-14-9-18-20(11-19(14)28)32(12-16-10-15-5-3-7-29-25(15)31-24(16)27)23(21(33)13-37(2,35)36)22(18)17-6-4-8-30-26(17)34/h2-3,6-10,13,16H,4-5,11-12H2,1H3,(H,31,36)(H,32,33,37);4,6-11H,3,5,12-13H2,1-2H3,(H,30,34). The molecule has 11 rings (SSSR count). The fraction of sp³-hybridized carbons (Fsp3) is 0.222. The topological polar surface area (TPSA) is 249 Å². The van der Waals surface area contributed by atoms with Crippen molar-refractivity contribution in [1.29, 1.82) is 0 Å². The van der Waals surface area contributed by atoms with Crippen molar-refractivity contribution in [3.63, 3.8) is 0 Å². The van der Waals surface area contributed by atoms with Gasteiger partial charge in [0.05, 0.1) is 58.0 Å². The van der Waals surface area contributed by atoms with E-state index in [4.69, 9.17) is 11.6 Å². The Labute approximate surface area is 440 Å². The Hall–Kier alpha value is -8.08. The molecule has 3 aromatic carbocycles. The number of carbonyl (C=O) groups excluding carboxylic acids is 2. The quantitative estimate of drug-likeness (QED) is 0.0736. The van der Waals surface area contributed by atoms with E-state index in [2.05, 4.69) is 29.9 Å². The molecule has 1 aliphatic heterocycles. The first-order valence-electron chi connectivity index (χ1n) is 23.9. The van der Waals surface area contributed by atoms with Crippen molar-refractivity contribution in [2.24, 2.45) is 4.99 Å². The van der Waals surface area contributed by atoms with Crippen molar-refractivity contribution in [3.05, 3.63) is 178 Å². The van der Waals surface area contributed by atoms with Crippen LogP contribution < -0.4 is 16.7 Å². The Morgan fingerprint density at radius 1 is 0.701 bits per heavy atom. The van der Waals surface area contributed by atoms with Gasteiger partial charge < -0.3 is 24.1 Å². The van der Waals surface area contributed by atoms with Gasteiger partial charge in [-0.25, -0.2) is 45.0 Å². The van der Waals surface area contributed by atoms with E-state index >= 15 is 4.39 Å². The van der Waals surface area contributed by atoms with Crippen LogP contribution in [-0.4, -0.2) is 91.7 Å². The highest BCUT2D eigenvalue weighted by molar-refractivity contribution is 7.93. The summed E-state index contributed by atoms with van der Waals surface area (Å²) >= 11 is 6.50. The highest BCUT2D eigenvalue weighted by Crippen LogP contribution is 2.40. The van der Waals surface area contributed by atoms with Crippen LogP contribution in [-0.2, 0) is 39.2 Å². The lowest BCUT2D eigenvalue weighted by atomic mass is 10.0. The molecule has 0 spiro atoms. The lowest BCUT2D eigenvalue weighted by Gasteiger charge is -2.15. The number of carbonyl (C=O) groups is 2. The summed E-state index contributed by atoms with van der Waals surface area (Å²) in [5.74, 6) is -4.46. The Morgan fingerprint density at radius 2 is 1.26 bits per heavy atom.